The fourth-order valence-corrected chi connectivity index (χ4v) is 2.04. The zero-order valence-electron chi connectivity index (χ0n) is 9.92. The summed E-state index contributed by atoms with van der Waals surface area (Å²) in [5.41, 5.74) is 0. The number of hydrogen-bond acceptors (Lipinski definition) is 3. The zero-order valence-corrected chi connectivity index (χ0v) is 12.2. The van der Waals surface area contributed by atoms with Gasteiger partial charge in [-0.2, -0.15) is 0 Å². The van der Waals surface area contributed by atoms with E-state index in [1.807, 2.05) is 0 Å². The standard InChI is InChI=1S/C12H5Cl3F3NO2/c13-8-3-6(21-12(16,17)18)1-2-9(8)20-7-4-10(14)19-11(15)5-7/h1-5H. The summed E-state index contributed by atoms with van der Waals surface area (Å²) in [6.07, 6.45) is -4.79. The molecule has 2 rings (SSSR count). The predicted molar refractivity (Wildman–Crippen MR) is 72.5 cm³/mol. The number of ether oxygens (including phenoxy) is 2. The molecule has 0 aliphatic heterocycles. The van der Waals surface area contributed by atoms with Crippen molar-refractivity contribution in [2.75, 3.05) is 0 Å². The van der Waals surface area contributed by atoms with Crippen molar-refractivity contribution in [2.24, 2.45) is 0 Å². The highest BCUT2D eigenvalue weighted by Gasteiger charge is 2.31. The number of pyridine rings is 1. The Balaban J connectivity index is 2.21. The minimum atomic E-state index is -4.79. The van der Waals surface area contributed by atoms with Gasteiger partial charge in [0.1, 0.15) is 27.6 Å². The van der Waals surface area contributed by atoms with Gasteiger partial charge in [-0.25, -0.2) is 4.98 Å². The van der Waals surface area contributed by atoms with Crippen LogP contribution in [0.2, 0.25) is 15.3 Å². The number of halogens is 6. The van der Waals surface area contributed by atoms with Crippen LogP contribution in [0, 0.1) is 0 Å². The largest absolute Gasteiger partial charge is 0.573 e. The van der Waals surface area contributed by atoms with Crippen molar-refractivity contribution < 1.29 is 22.6 Å². The van der Waals surface area contributed by atoms with E-state index < -0.39 is 12.1 Å². The first-order chi connectivity index (χ1) is 9.73. The number of aromatic nitrogens is 1. The van der Waals surface area contributed by atoms with Crippen LogP contribution in [0.25, 0.3) is 0 Å². The van der Waals surface area contributed by atoms with E-state index in [9.17, 15) is 13.2 Å². The zero-order chi connectivity index (χ0) is 15.6. The number of alkyl halides is 3. The molecule has 1 heterocycles. The van der Waals surface area contributed by atoms with Gasteiger partial charge < -0.3 is 9.47 Å². The van der Waals surface area contributed by atoms with Crippen LogP contribution in [0.15, 0.2) is 30.3 Å². The lowest BCUT2D eigenvalue weighted by Crippen LogP contribution is -2.17. The molecule has 0 saturated heterocycles. The molecule has 0 atom stereocenters. The molecule has 1 aromatic carbocycles. The third kappa shape index (κ3) is 4.84. The summed E-state index contributed by atoms with van der Waals surface area (Å²) in [4.78, 5) is 3.73. The summed E-state index contributed by atoms with van der Waals surface area (Å²) in [5, 5.41) is 0.136. The van der Waals surface area contributed by atoms with Gasteiger partial charge in [-0.1, -0.05) is 34.8 Å². The Bertz CT molecular complexity index is 644. The Hall–Kier alpha value is -1.37. The molecule has 0 spiro atoms. The fourth-order valence-electron chi connectivity index (χ4n) is 1.39. The van der Waals surface area contributed by atoms with Crippen molar-refractivity contribution in [3.8, 4) is 17.2 Å². The maximum atomic E-state index is 12.1. The molecule has 0 unspecified atom stereocenters. The SMILES string of the molecule is FC(F)(F)Oc1ccc(Oc2cc(Cl)nc(Cl)c2)c(Cl)c1. The van der Waals surface area contributed by atoms with Crippen molar-refractivity contribution in [3.05, 3.63) is 45.7 Å². The minimum Gasteiger partial charge on any atom is -0.456 e. The van der Waals surface area contributed by atoms with Crippen molar-refractivity contribution in [1.82, 2.24) is 4.98 Å². The normalized spacial score (nSPS) is 11.3. The van der Waals surface area contributed by atoms with Crippen LogP contribution in [0.1, 0.15) is 0 Å². The first-order valence-corrected chi connectivity index (χ1v) is 6.42. The summed E-state index contributed by atoms with van der Waals surface area (Å²) >= 11 is 17.2. The van der Waals surface area contributed by atoms with E-state index >= 15 is 0 Å². The lowest BCUT2D eigenvalue weighted by molar-refractivity contribution is -0.274. The van der Waals surface area contributed by atoms with E-state index in [2.05, 4.69) is 9.72 Å². The van der Waals surface area contributed by atoms with Crippen LogP contribution >= 0.6 is 34.8 Å². The first kappa shape index (κ1) is 16.0. The summed E-state index contributed by atoms with van der Waals surface area (Å²) in [7, 11) is 0. The minimum absolute atomic E-state index is 0.0687. The number of rotatable bonds is 3. The van der Waals surface area contributed by atoms with Gasteiger partial charge >= 0.3 is 6.36 Å². The van der Waals surface area contributed by atoms with E-state index in [-0.39, 0.29) is 26.8 Å². The fraction of sp³-hybridized carbons (Fsp3) is 0.0833. The van der Waals surface area contributed by atoms with Crippen molar-refractivity contribution >= 4 is 34.8 Å². The van der Waals surface area contributed by atoms with Gasteiger partial charge in [0.15, 0.2) is 0 Å². The molecule has 21 heavy (non-hydrogen) atoms. The molecule has 0 radical (unpaired) electrons. The quantitative estimate of drug-likeness (QED) is 0.656. The molecule has 0 saturated carbocycles. The van der Waals surface area contributed by atoms with Crippen molar-refractivity contribution in [1.29, 1.82) is 0 Å². The number of nitrogens with zero attached hydrogens (tertiary/aromatic N) is 1. The second kappa shape index (κ2) is 6.17. The summed E-state index contributed by atoms with van der Waals surface area (Å²) in [6.45, 7) is 0. The second-order valence-electron chi connectivity index (χ2n) is 3.69. The summed E-state index contributed by atoms with van der Waals surface area (Å²) in [6, 6.07) is 6.04. The molecule has 112 valence electrons. The number of hydrogen-bond donors (Lipinski definition) is 0. The van der Waals surface area contributed by atoms with E-state index in [1.54, 1.807) is 0 Å². The van der Waals surface area contributed by atoms with Crippen LogP contribution in [-0.4, -0.2) is 11.3 Å². The lowest BCUT2D eigenvalue weighted by Gasteiger charge is -2.11. The molecule has 3 nitrogen and oxygen atoms in total. The van der Waals surface area contributed by atoms with Gasteiger partial charge in [-0.05, 0) is 12.1 Å². The van der Waals surface area contributed by atoms with Gasteiger partial charge in [-0.15, -0.1) is 13.2 Å². The monoisotopic (exact) mass is 357 g/mol. The van der Waals surface area contributed by atoms with Crippen LogP contribution in [0.5, 0.6) is 17.2 Å². The van der Waals surface area contributed by atoms with Crippen LogP contribution < -0.4 is 9.47 Å². The van der Waals surface area contributed by atoms with Gasteiger partial charge in [0.05, 0.1) is 5.02 Å². The highest BCUT2D eigenvalue weighted by atomic mass is 35.5. The Morgan fingerprint density at radius 3 is 2.05 bits per heavy atom. The topological polar surface area (TPSA) is 31.4 Å². The third-order valence-electron chi connectivity index (χ3n) is 2.10. The number of benzene rings is 1. The highest BCUT2D eigenvalue weighted by molar-refractivity contribution is 6.33. The predicted octanol–water partition coefficient (Wildman–Crippen LogP) is 5.73. The van der Waals surface area contributed by atoms with Gasteiger partial charge in [0.25, 0.3) is 0 Å². The summed E-state index contributed by atoms with van der Waals surface area (Å²) < 4.78 is 45.3. The molecular formula is C12H5Cl3F3NO2. The van der Waals surface area contributed by atoms with Gasteiger partial charge in [-0.3, -0.25) is 0 Å². The van der Waals surface area contributed by atoms with Crippen molar-refractivity contribution in [2.45, 2.75) is 6.36 Å². The maximum absolute atomic E-state index is 12.1. The molecule has 2 aromatic rings. The van der Waals surface area contributed by atoms with Crippen LogP contribution in [0.3, 0.4) is 0 Å². The second-order valence-corrected chi connectivity index (χ2v) is 4.87. The van der Waals surface area contributed by atoms with E-state index in [0.717, 1.165) is 12.1 Å². The van der Waals surface area contributed by atoms with E-state index in [0.29, 0.717) is 0 Å². The van der Waals surface area contributed by atoms with E-state index in [1.165, 1.54) is 18.2 Å². The summed E-state index contributed by atoms with van der Waals surface area (Å²) in [5.74, 6) is -0.0958. The Kier molecular flexibility index (Phi) is 4.70. The van der Waals surface area contributed by atoms with Gasteiger partial charge in [0, 0.05) is 18.2 Å². The molecule has 0 aliphatic carbocycles. The van der Waals surface area contributed by atoms with Crippen molar-refractivity contribution in [3.63, 3.8) is 0 Å². The third-order valence-corrected chi connectivity index (χ3v) is 2.78. The molecule has 0 amide bonds. The smallest absolute Gasteiger partial charge is 0.456 e. The lowest BCUT2D eigenvalue weighted by atomic mass is 10.3. The Morgan fingerprint density at radius 1 is 0.905 bits per heavy atom. The van der Waals surface area contributed by atoms with Crippen LogP contribution in [0.4, 0.5) is 13.2 Å². The molecular weight excluding hydrogens is 353 g/mol. The average molecular weight is 359 g/mol. The Morgan fingerprint density at radius 2 is 1.52 bits per heavy atom. The molecule has 9 heteroatoms. The highest BCUT2D eigenvalue weighted by Crippen LogP contribution is 2.35. The van der Waals surface area contributed by atoms with Gasteiger partial charge in [0.2, 0.25) is 0 Å². The molecule has 0 fully saturated rings. The molecule has 0 N–H and O–H groups in total. The van der Waals surface area contributed by atoms with Crippen LogP contribution in [-0.2, 0) is 0 Å². The molecule has 0 bridgehead atoms. The maximum Gasteiger partial charge on any atom is 0.573 e. The van der Waals surface area contributed by atoms with E-state index in [4.69, 9.17) is 39.5 Å². The molecule has 1 aromatic heterocycles. The Labute approximate surface area is 132 Å². The average Bonchev–Trinajstić information content (AvgIpc) is 2.29. The molecule has 0 aliphatic rings. The first-order valence-electron chi connectivity index (χ1n) is 5.29.